The fraction of sp³-hybridized carbons (Fsp3) is 0.367. The topological polar surface area (TPSA) is 140 Å². The van der Waals surface area contributed by atoms with E-state index in [1.807, 2.05) is 19.0 Å². The van der Waals surface area contributed by atoms with Gasteiger partial charge in [-0.3, -0.25) is 24.0 Å². The van der Waals surface area contributed by atoms with Crippen molar-refractivity contribution in [2.24, 2.45) is 5.92 Å². The molecular formula is C30H32N2O9. The summed E-state index contributed by atoms with van der Waals surface area (Å²) in [5.41, 5.74) is 2.14. The van der Waals surface area contributed by atoms with E-state index in [9.17, 15) is 29.1 Å². The smallest absolute Gasteiger partial charge is 0.308 e. The van der Waals surface area contributed by atoms with Crippen LogP contribution in [0.1, 0.15) is 65.1 Å². The van der Waals surface area contributed by atoms with Gasteiger partial charge in [0.15, 0.2) is 23.1 Å². The van der Waals surface area contributed by atoms with E-state index in [1.54, 1.807) is 25.1 Å². The van der Waals surface area contributed by atoms with Crippen molar-refractivity contribution in [1.29, 1.82) is 0 Å². The molecule has 216 valence electrons. The quantitative estimate of drug-likeness (QED) is 0.312. The summed E-state index contributed by atoms with van der Waals surface area (Å²) in [6, 6.07) is 3.30. The van der Waals surface area contributed by atoms with Crippen LogP contribution in [0.25, 0.3) is 5.76 Å². The molecule has 0 radical (unpaired) electrons. The van der Waals surface area contributed by atoms with E-state index >= 15 is 0 Å². The second-order valence-electron chi connectivity index (χ2n) is 10.5. The molecule has 0 saturated carbocycles. The third kappa shape index (κ3) is 5.03. The van der Waals surface area contributed by atoms with Crippen LogP contribution < -0.4 is 24.0 Å². The van der Waals surface area contributed by atoms with Gasteiger partial charge in [0.25, 0.3) is 0 Å². The molecule has 11 nitrogen and oxygen atoms in total. The summed E-state index contributed by atoms with van der Waals surface area (Å²) in [5, 5.41) is 11.8. The molecule has 2 aromatic carbocycles. The molecule has 11 heteroatoms. The zero-order valence-corrected chi connectivity index (χ0v) is 24.3. The predicted molar refractivity (Wildman–Crippen MR) is 150 cm³/mol. The summed E-state index contributed by atoms with van der Waals surface area (Å²) in [6.45, 7) is 4.76. The van der Waals surface area contributed by atoms with Crippen LogP contribution in [0.15, 0.2) is 17.7 Å². The zero-order chi connectivity index (χ0) is 30.5. The van der Waals surface area contributed by atoms with Crippen molar-refractivity contribution in [2.75, 3.05) is 38.0 Å². The van der Waals surface area contributed by atoms with Crippen LogP contribution >= 0.6 is 0 Å². The average Bonchev–Trinajstić information content (AvgIpc) is 2.81. The maximum absolute atomic E-state index is 14.1. The van der Waals surface area contributed by atoms with Crippen molar-refractivity contribution in [1.82, 2.24) is 0 Å². The second-order valence-corrected chi connectivity index (χ2v) is 10.5. The third-order valence-corrected chi connectivity index (χ3v) is 7.03. The lowest BCUT2D eigenvalue weighted by Gasteiger charge is -2.37. The Morgan fingerprint density at radius 2 is 1.34 bits per heavy atom. The van der Waals surface area contributed by atoms with Gasteiger partial charge in [0.05, 0.1) is 16.8 Å². The lowest BCUT2D eigenvalue weighted by Crippen LogP contribution is -2.33. The average molecular weight is 565 g/mol. The Labute approximate surface area is 237 Å². The van der Waals surface area contributed by atoms with Gasteiger partial charge in [0.1, 0.15) is 17.1 Å². The highest BCUT2D eigenvalue weighted by molar-refractivity contribution is 6.18. The van der Waals surface area contributed by atoms with Gasteiger partial charge < -0.3 is 29.1 Å². The minimum Gasteiger partial charge on any atom is -0.507 e. The highest BCUT2D eigenvalue weighted by Gasteiger charge is 2.44. The van der Waals surface area contributed by atoms with Crippen molar-refractivity contribution in [2.45, 2.75) is 40.5 Å². The van der Waals surface area contributed by atoms with Crippen molar-refractivity contribution >= 4 is 46.6 Å². The van der Waals surface area contributed by atoms with Crippen molar-refractivity contribution in [3.05, 3.63) is 45.5 Å². The fourth-order valence-electron chi connectivity index (χ4n) is 5.72. The monoisotopic (exact) mass is 564 g/mol. The molecule has 0 aromatic heterocycles. The van der Waals surface area contributed by atoms with Gasteiger partial charge >= 0.3 is 17.9 Å². The minimum atomic E-state index is -0.783. The molecule has 41 heavy (non-hydrogen) atoms. The van der Waals surface area contributed by atoms with E-state index in [1.165, 1.54) is 26.8 Å². The largest absolute Gasteiger partial charge is 0.507 e. The lowest BCUT2D eigenvalue weighted by molar-refractivity contribution is -0.133. The molecule has 0 saturated heterocycles. The van der Waals surface area contributed by atoms with Crippen LogP contribution in [0.2, 0.25) is 0 Å². The number of nitrogens with zero attached hydrogens (tertiary/aromatic N) is 2. The number of fused-ring (bicyclic) bond motifs is 3. The number of rotatable bonds is 6. The number of aliphatic hydroxyl groups excluding tert-OH is 1. The van der Waals surface area contributed by atoms with E-state index in [2.05, 4.69) is 0 Å². The van der Waals surface area contributed by atoms with Gasteiger partial charge in [-0.05, 0) is 48.9 Å². The number of carbonyl (C=O) groups is 5. The summed E-state index contributed by atoms with van der Waals surface area (Å²) in [4.78, 5) is 66.8. The van der Waals surface area contributed by atoms with E-state index in [4.69, 9.17) is 14.2 Å². The molecule has 0 bridgehead atoms. The maximum atomic E-state index is 14.1. The summed E-state index contributed by atoms with van der Waals surface area (Å²) >= 11 is 0. The van der Waals surface area contributed by atoms with Crippen LogP contribution in [0.5, 0.6) is 17.2 Å². The Bertz CT molecular complexity index is 1570. The number of aliphatic hydroxyl groups is 1. The number of anilines is 2. The molecule has 0 spiro atoms. The van der Waals surface area contributed by atoms with Crippen LogP contribution in [0, 0.1) is 5.92 Å². The molecule has 2 aliphatic rings. The van der Waals surface area contributed by atoms with Crippen molar-refractivity contribution < 1.29 is 43.3 Å². The van der Waals surface area contributed by atoms with E-state index in [0.717, 1.165) is 12.6 Å². The lowest BCUT2D eigenvalue weighted by atomic mass is 9.70. The molecule has 0 amide bonds. The SMILES string of the molecule is CC(=O)Oc1ccc(N(C)C)c2c1C(=O)C1=C(O)c3c(c(N(C)C)c(OC(C)=O)c(C(C)=O)c3OC(C)=O)CC1C2. The van der Waals surface area contributed by atoms with E-state index < -0.39 is 41.2 Å². The van der Waals surface area contributed by atoms with E-state index in [0.29, 0.717) is 23.2 Å². The molecule has 0 heterocycles. The molecular weight excluding hydrogens is 532 g/mol. The Kier molecular flexibility index (Phi) is 7.66. The number of hydrogen-bond donors (Lipinski definition) is 1. The number of ether oxygens (including phenoxy) is 3. The van der Waals surface area contributed by atoms with Gasteiger partial charge in [-0.15, -0.1) is 0 Å². The first-order valence-electron chi connectivity index (χ1n) is 12.9. The summed E-state index contributed by atoms with van der Waals surface area (Å²) < 4.78 is 16.4. The number of benzene rings is 2. The van der Waals surface area contributed by atoms with E-state index in [-0.39, 0.29) is 45.9 Å². The first-order valence-corrected chi connectivity index (χ1v) is 12.9. The maximum Gasteiger partial charge on any atom is 0.308 e. The number of esters is 3. The van der Waals surface area contributed by atoms with Gasteiger partial charge in [0, 0.05) is 60.2 Å². The number of carbonyl (C=O) groups excluding carboxylic acids is 5. The molecule has 1 N–H and O–H groups in total. The van der Waals surface area contributed by atoms with Gasteiger partial charge in [0.2, 0.25) is 0 Å². The Morgan fingerprint density at radius 1 is 0.780 bits per heavy atom. The van der Waals surface area contributed by atoms with Crippen molar-refractivity contribution in [3.8, 4) is 17.2 Å². The molecule has 0 fully saturated rings. The molecule has 0 aliphatic heterocycles. The fourth-order valence-corrected chi connectivity index (χ4v) is 5.72. The molecule has 1 unspecified atom stereocenters. The number of hydrogen-bond acceptors (Lipinski definition) is 11. The highest BCUT2D eigenvalue weighted by atomic mass is 16.5. The highest BCUT2D eigenvalue weighted by Crippen LogP contribution is 2.53. The molecule has 4 rings (SSSR count). The summed E-state index contributed by atoms with van der Waals surface area (Å²) in [6.07, 6.45) is 0.481. The Hall–Kier alpha value is -4.67. The predicted octanol–water partition coefficient (Wildman–Crippen LogP) is 3.68. The summed E-state index contributed by atoms with van der Waals surface area (Å²) in [5.74, 6) is -4.56. The van der Waals surface area contributed by atoms with Crippen LogP contribution in [-0.4, -0.2) is 62.8 Å². The molecule has 1 atom stereocenters. The molecule has 2 aromatic rings. The number of ketones is 2. The van der Waals surface area contributed by atoms with Crippen LogP contribution in [-0.2, 0) is 27.2 Å². The van der Waals surface area contributed by atoms with Gasteiger partial charge in [-0.25, -0.2) is 0 Å². The van der Waals surface area contributed by atoms with Gasteiger partial charge in [-0.1, -0.05) is 0 Å². The Morgan fingerprint density at radius 3 is 1.85 bits per heavy atom. The minimum absolute atomic E-state index is 0.00847. The first-order chi connectivity index (χ1) is 19.1. The van der Waals surface area contributed by atoms with Crippen LogP contribution in [0.3, 0.4) is 0 Å². The normalized spacial score (nSPS) is 15.3. The standard InChI is InChI=1S/C30H32N2O9/c1-13(33)22-29(40-15(3)35)25-19(26(32(7)8)30(22)41-16(4)36)12-17-11-18-20(31(5)6)9-10-21(39-14(2)34)24(18)27(37)23(17)28(25)38/h9-10,17,38H,11-12H2,1-8H3. The third-order valence-electron chi connectivity index (χ3n) is 7.03. The number of Topliss-reactive ketones (excluding diaryl/α,β-unsaturated/α-hetero) is 2. The van der Waals surface area contributed by atoms with Crippen molar-refractivity contribution in [3.63, 3.8) is 0 Å². The zero-order valence-electron chi connectivity index (χ0n) is 24.3. The summed E-state index contributed by atoms with van der Waals surface area (Å²) in [7, 11) is 7.03. The second kappa shape index (κ2) is 10.7. The number of allylic oxidation sites excluding steroid dienone is 1. The Balaban J connectivity index is 2.13. The van der Waals surface area contributed by atoms with Crippen LogP contribution in [0.4, 0.5) is 11.4 Å². The van der Waals surface area contributed by atoms with Gasteiger partial charge in [-0.2, -0.15) is 0 Å². The first kappa shape index (κ1) is 29.3. The molecule has 2 aliphatic carbocycles.